The van der Waals surface area contributed by atoms with Gasteiger partial charge in [0.2, 0.25) is 11.8 Å². The normalized spacial score (nSPS) is 17.1. The summed E-state index contributed by atoms with van der Waals surface area (Å²) in [6.45, 7) is 5.30. The molecule has 100 valence electrons. The van der Waals surface area contributed by atoms with E-state index < -0.39 is 0 Å². The molecule has 0 spiro atoms. The Kier molecular flexibility index (Phi) is 3.98. The van der Waals surface area contributed by atoms with Crippen LogP contribution in [0.2, 0.25) is 0 Å². The first kappa shape index (κ1) is 13.0. The molecule has 2 rings (SSSR count). The lowest BCUT2D eigenvalue weighted by atomic mass is 9.89. The third-order valence-corrected chi connectivity index (χ3v) is 3.01. The Morgan fingerprint density at radius 2 is 1.89 bits per heavy atom. The van der Waals surface area contributed by atoms with Crippen LogP contribution >= 0.6 is 0 Å². The first-order valence-corrected chi connectivity index (χ1v) is 5.89. The molecule has 0 aromatic carbocycles. The number of nitrogens with one attached hydrogen (secondary N) is 1. The molecule has 0 atom stereocenters. The monoisotopic (exact) mass is 253 g/mol. The van der Waals surface area contributed by atoms with Crippen molar-refractivity contribution >= 4 is 0 Å². The summed E-state index contributed by atoms with van der Waals surface area (Å²) in [5, 5.41) is 3.37. The smallest absolute Gasteiger partial charge is 0.224 e. The standard InChI is InChI=1S/C12H19N3O3/c1-12(6-18-7-12)5-13-4-9-10(16-2)14-8-15-11(9)17-3/h8,13H,4-7H2,1-3H3. The maximum absolute atomic E-state index is 5.22. The van der Waals surface area contributed by atoms with Gasteiger partial charge in [0.25, 0.3) is 0 Å². The van der Waals surface area contributed by atoms with E-state index in [0.29, 0.717) is 18.3 Å². The largest absolute Gasteiger partial charge is 0.481 e. The van der Waals surface area contributed by atoms with E-state index in [1.54, 1.807) is 14.2 Å². The summed E-state index contributed by atoms with van der Waals surface area (Å²) in [4.78, 5) is 8.15. The number of methoxy groups -OCH3 is 2. The molecule has 0 saturated carbocycles. The van der Waals surface area contributed by atoms with E-state index in [-0.39, 0.29) is 5.41 Å². The number of nitrogens with zero attached hydrogens (tertiary/aromatic N) is 2. The van der Waals surface area contributed by atoms with Gasteiger partial charge in [0.05, 0.1) is 33.0 Å². The van der Waals surface area contributed by atoms with Gasteiger partial charge < -0.3 is 19.5 Å². The molecule has 1 fully saturated rings. The number of aromatic nitrogens is 2. The lowest BCUT2D eigenvalue weighted by molar-refractivity contribution is -0.0991. The lowest BCUT2D eigenvalue weighted by Gasteiger charge is -2.38. The summed E-state index contributed by atoms with van der Waals surface area (Å²) in [6, 6.07) is 0. The summed E-state index contributed by atoms with van der Waals surface area (Å²) in [5.41, 5.74) is 1.07. The zero-order valence-corrected chi connectivity index (χ0v) is 11.0. The Hall–Kier alpha value is -1.40. The van der Waals surface area contributed by atoms with E-state index in [4.69, 9.17) is 14.2 Å². The van der Waals surface area contributed by atoms with Crippen molar-refractivity contribution in [3.63, 3.8) is 0 Å². The van der Waals surface area contributed by atoms with Crippen molar-refractivity contribution in [1.82, 2.24) is 15.3 Å². The summed E-state index contributed by atoms with van der Waals surface area (Å²) in [5.74, 6) is 1.09. The summed E-state index contributed by atoms with van der Waals surface area (Å²) < 4.78 is 15.6. The van der Waals surface area contributed by atoms with Crippen molar-refractivity contribution in [2.45, 2.75) is 13.5 Å². The maximum Gasteiger partial charge on any atom is 0.224 e. The summed E-state index contributed by atoms with van der Waals surface area (Å²) >= 11 is 0. The molecule has 0 radical (unpaired) electrons. The van der Waals surface area contributed by atoms with Crippen molar-refractivity contribution < 1.29 is 14.2 Å². The highest BCUT2D eigenvalue weighted by Gasteiger charge is 2.32. The van der Waals surface area contributed by atoms with Crippen molar-refractivity contribution in [3.05, 3.63) is 11.9 Å². The van der Waals surface area contributed by atoms with Gasteiger partial charge in [-0.15, -0.1) is 0 Å². The number of ether oxygens (including phenoxy) is 3. The highest BCUT2D eigenvalue weighted by molar-refractivity contribution is 5.34. The van der Waals surface area contributed by atoms with Crippen LogP contribution in [0.3, 0.4) is 0 Å². The number of rotatable bonds is 6. The SMILES string of the molecule is COc1ncnc(OC)c1CNCC1(C)COC1. The van der Waals surface area contributed by atoms with Crippen LogP contribution in [-0.2, 0) is 11.3 Å². The van der Waals surface area contributed by atoms with Crippen molar-refractivity contribution in [2.24, 2.45) is 5.41 Å². The molecule has 6 nitrogen and oxygen atoms in total. The van der Waals surface area contributed by atoms with E-state index in [1.165, 1.54) is 6.33 Å². The highest BCUT2D eigenvalue weighted by Crippen LogP contribution is 2.26. The van der Waals surface area contributed by atoms with Crippen LogP contribution < -0.4 is 14.8 Å². The predicted octanol–water partition coefficient (Wildman–Crippen LogP) is 0.620. The third-order valence-electron chi connectivity index (χ3n) is 3.01. The minimum Gasteiger partial charge on any atom is -0.481 e. The molecule has 0 aliphatic carbocycles. The van der Waals surface area contributed by atoms with E-state index >= 15 is 0 Å². The van der Waals surface area contributed by atoms with Gasteiger partial charge in [0.1, 0.15) is 6.33 Å². The van der Waals surface area contributed by atoms with E-state index in [0.717, 1.165) is 25.3 Å². The molecule has 0 bridgehead atoms. The van der Waals surface area contributed by atoms with Crippen molar-refractivity contribution in [2.75, 3.05) is 34.0 Å². The first-order chi connectivity index (χ1) is 8.68. The fourth-order valence-corrected chi connectivity index (χ4v) is 1.93. The molecule has 2 heterocycles. The molecule has 0 unspecified atom stereocenters. The fraction of sp³-hybridized carbons (Fsp3) is 0.667. The molecule has 1 saturated heterocycles. The van der Waals surface area contributed by atoms with Crippen LogP contribution in [0.1, 0.15) is 12.5 Å². The minimum absolute atomic E-state index is 0.232. The second-order valence-electron chi connectivity index (χ2n) is 4.78. The topological polar surface area (TPSA) is 65.5 Å². The third kappa shape index (κ3) is 2.70. The van der Waals surface area contributed by atoms with Crippen LogP contribution in [0, 0.1) is 5.41 Å². The Morgan fingerprint density at radius 1 is 1.28 bits per heavy atom. The maximum atomic E-state index is 5.22. The highest BCUT2D eigenvalue weighted by atomic mass is 16.5. The molecule has 6 heteroatoms. The summed E-state index contributed by atoms with van der Waals surface area (Å²) in [7, 11) is 3.18. The molecule has 1 N–H and O–H groups in total. The second-order valence-corrected chi connectivity index (χ2v) is 4.78. The van der Waals surface area contributed by atoms with E-state index in [2.05, 4.69) is 22.2 Å². The van der Waals surface area contributed by atoms with Crippen LogP contribution in [0.15, 0.2) is 6.33 Å². The molecule has 1 aromatic heterocycles. The molecule has 1 aromatic rings. The van der Waals surface area contributed by atoms with E-state index in [1.807, 2.05) is 0 Å². The zero-order valence-electron chi connectivity index (χ0n) is 11.0. The molecular weight excluding hydrogens is 234 g/mol. The lowest BCUT2D eigenvalue weighted by Crippen LogP contribution is -2.47. The molecule has 1 aliphatic heterocycles. The quantitative estimate of drug-likeness (QED) is 0.801. The van der Waals surface area contributed by atoms with E-state index in [9.17, 15) is 0 Å². The predicted molar refractivity (Wildman–Crippen MR) is 65.8 cm³/mol. The van der Waals surface area contributed by atoms with Gasteiger partial charge in [-0.3, -0.25) is 0 Å². The van der Waals surface area contributed by atoms with Crippen LogP contribution in [0.4, 0.5) is 0 Å². The van der Waals surface area contributed by atoms with Gasteiger partial charge in [0, 0.05) is 18.5 Å². The second kappa shape index (κ2) is 5.49. The Morgan fingerprint density at radius 3 is 2.33 bits per heavy atom. The summed E-state index contributed by atoms with van der Waals surface area (Å²) in [6.07, 6.45) is 1.43. The number of hydrogen-bond acceptors (Lipinski definition) is 6. The van der Waals surface area contributed by atoms with Gasteiger partial charge >= 0.3 is 0 Å². The molecule has 0 amide bonds. The first-order valence-electron chi connectivity index (χ1n) is 5.89. The molecular formula is C12H19N3O3. The minimum atomic E-state index is 0.232. The average molecular weight is 253 g/mol. The molecule has 18 heavy (non-hydrogen) atoms. The van der Waals surface area contributed by atoms with Crippen LogP contribution in [0.5, 0.6) is 11.8 Å². The van der Waals surface area contributed by atoms with Gasteiger partial charge in [0.15, 0.2) is 0 Å². The van der Waals surface area contributed by atoms with Crippen LogP contribution in [0.25, 0.3) is 0 Å². The van der Waals surface area contributed by atoms with Gasteiger partial charge in [-0.1, -0.05) is 6.92 Å². The van der Waals surface area contributed by atoms with Crippen LogP contribution in [-0.4, -0.2) is 43.9 Å². The molecule has 1 aliphatic rings. The van der Waals surface area contributed by atoms with Gasteiger partial charge in [-0.05, 0) is 0 Å². The number of hydrogen-bond donors (Lipinski definition) is 1. The zero-order chi connectivity index (χ0) is 13.0. The Balaban J connectivity index is 1.98. The van der Waals surface area contributed by atoms with Crippen molar-refractivity contribution in [1.29, 1.82) is 0 Å². The fourth-order valence-electron chi connectivity index (χ4n) is 1.93. The van der Waals surface area contributed by atoms with Gasteiger partial charge in [-0.25, -0.2) is 9.97 Å². The Labute approximate surface area is 107 Å². The van der Waals surface area contributed by atoms with Crippen molar-refractivity contribution in [3.8, 4) is 11.8 Å². The Bertz CT molecular complexity index is 385. The van der Waals surface area contributed by atoms with Gasteiger partial charge in [-0.2, -0.15) is 0 Å². The average Bonchev–Trinajstić information content (AvgIpc) is 2.36.